The van der Waals surface area contributed by atoms with Crippen molar-refractivity contribution in [2.45, 2.75) is 64.1 Å². The second-order valence-corrected chi connectivity index (χ2v) is 8.91. The van der Waals surface area contributed by atoms with E-state index in [9.17, 15) is 10.2 Å². The summed E-state index contributed by atoms with van der Waals surface area (Å²) in [5.74, 6) is 0.587. The molecule has 2 fully saturated rings. The summed E-state index contributed by atoms with van der Waals surface area (Å²) in [6, 6.07) is 9.83. The maximum atomic E-state index is 11.1. The number of hydrogen-bond acceptors (Lipinski definition) is 8. The second-order valence-electron chi connectivity index (χ2n) is 8.91. The smallest absolute Gasteiger partial charge is 0.169 e. The van der Waals surface area contributed by atoms with Gasteiger partial charge in [-0.05, 0) is 57.5 Å². The summed E-state index contributed by atoms with van der Waals surface area (Å²) in [6.07, 6.45) is 3.75. The first kappa shape index (κ1) is 25.2. The lowest BCUT2D eigenvalue weighted by atomic mass is 9.94. The van der Waals surface area contributed by atoms with Crippen molar-refractivity contribution < 1.29 is 10.2 Å². The topological polar surface area (TPSA) is 111 Å². The van der Waals surface area contributed by atoms with E-state index in [1.165, 1.54) is 0 Å². The molecular weight excluding hydrogens is 416 g/mol. The van der Waals surface area contributed by atoms with Gasteiger partial charge in [-0.15, -0.1) is 10.2 Å². The van der Waals surface area contributed by atoms with Crippen LogP contribution in [0, 0.1) is 0 Å². The molecule has 182 valence electrons. The number of piperazine rings is 1. The predicted molar refractivity (Wildman–Crippen MR) is 134 cm³/mol. The molecule has 2 aliphatic heterocycles. The van der Waals surface area contributed by atoms with Crippen molar-refractivity contribution in [1.29, 1.82) is 0 Å². The molecule has 2 bridgehead atoms. The summed E-state index contributed by atoms with van der Waals surface area (Å²) in [7, 11) is 1.93. The van der Waals surface area contributed by atoms with Crippen LogP contribution in [-0.2, 0) is 0 Å². The first-order valence-electron chi connectivity index (χ1n) is 12.2. The van der Waals surface area contributed by atoms with E-state index in [2.05, 4.69) is 32.2 Å². The Bertz CT molecular complexity index is 896. The highest BCUT2D eigenvalue weighted by Crippen LogP contribution is 2.37. The fourth-order valence-corrected chi connectivity index (χ4v) is 4.98. The molecule has 1 aromatic heterocycles. The minimum absolute atomic E-state index is 0.179. The Morgan fingerprint density at radius 1 is 1.15 bits per heavy atom. The number of nitrogens with zero attached hydrogens (tertiary/aromatic N) is 4. The molecule has 0 spiro atoms. The number of fused-ring (bicyclic) bond motifs is 2. The molecule has 8 heteroatoms. The van der Waals surface area contributed by atoms with Gasteiger partial charge in [0.1, 0.15) is 5.75 Å². The fraction of sp³-hybridized carbons (Fsp3) is 0.600. The Balaban J connectivity index is 0.00000149. The van der Waals surface area contributed by atoms with Gasteiger partial charge in [0.25, 0.3) is 0 Å². The van der Waals surface area contributed by atoms with Gasteiger partial charge in [-0.1, -0.05) is 32.9 Å². The zero-order chi connectivity index (χ0) is 24.0. The van der Waals surface area contributed by atoms with E-state index < -0.39 is 5.60 Å². The summed E-state index contributed by atoms with van der Waals surface area (Å²) in [6.45, 7) is 9.28. The lowest BCUT2D eigenvalue weighted by molar-refractivity contribution is -0.0229. The van der Waals surface area contributed by atoms with Crippen LogP contribution in [0.2, 0.25) is 0 Å². The van der Waals surface area contributed by atoms with E-state index in [-0.39, 0.29) is 5.75 Å². The number of aromatic nitrogens is 2. The molecule has 0 saturated carbocycles. The van der Waals surface area contributed by atoms with E-state index in [0.717, 1.165) is 51.0 Å². The molecule has 3 unspecified atom stereocenters. The number of benzene rings is 1. The molecule has 0 amide bonds. The first-order chi connectivity index (χ1) is 15.9. The number of hydrogen-bond donors (Lipinski definition) is 4. The second kappa shape index (κ2) is 11.1. The van der Waals surface area contributed by atoms with Crippen LogP contribution < -0.4 is 16.0 Å². The summed E-state index contributed by atoms with van der Waals surface area (Å²) in [5, 5.41) is 32.9. The molecule has 2 saturated heterocycles. The quantitative estimate of drug-likeness (QED) is 0.480. The molecular formula is C25H40N6O2. The summed E-state index contributed by atoms with van der Waals surface area (Å²) in [4.78, 5) is 4.80. The Morgan fingerprint density at radius 3 is 2.42 bits per heavy atom. The lowest BCUT2D eigenvalue weighted by Crippen LogP contribution is -2.58. The highest BCUT2D eigenvalue weighted by molar-refractivity contribution is 5.74. The normalized spacial score (nSPS) is 21.9. The number of phenols is 1. The maximum Gasteiger partial charge on any atom is 0.169 e. The molecule has 2 aliphatic rings. The average Bonchev–Trinajstić information content (AvgIpc) is 3.05. The van der Waals surface area contributed by atoms with Gasteiger partial charge in [0.15, 0.2) is 5.82 Å². The van der Waals surface area contributed by atoms with Crippen LogP contribution in [0.3, 0.4) is 0 Å². The molecule has 0 aliphatic carbocycles. The van der Waals surface area contributed by atoms with Crippen LogP contribution in [0.15, 0.2) is 30.3 Å². The van der Waals surface area contributed by atoms with Crippen LogP contribution in [0.5, 0.6) is 5.75 Å². The largest absolute Gasteiger partial charge is 0.507 e. The number of aromatic hydroxyl groups is 1. The molecule has 0 radical (unpaired) electrons. The number of anilines is 2. The zero-order valence-electron chi connectivity index (χ0n) is 20.5. The van der Waals surface area contributed by atoms with Gasteiger partial charge in [0.2, 0.25) is 0 Å². The number of rotatable bonds is 8. The SMILES string of the molecule is CC.CCC(O)(CCNC)CN1C2CCC1CN(c1cc(-c3ccccc3O)nnc1N)C2. The van der Waals surface area contributed by atoms with E-state index in [4.69, 9.17) is 5.73 Å². The molecule has 1 aromatic carbocycles. The van der Waals surface area contributed by atoms with E-state index in [1.54, 1.807) is 12.1 Å². The number of phenolic OH excluding ortho intramolecular Hbond substituents is 1. The van der Waals surface area contributed by atoms with Crippen molar-refractivity contribution >= 4 is 11.5 Å². The summed E-state index contributed by atoms with van der Waals surface area (Å²) in [5.41, 5.74) is 7.69. The van der Waals surface area contributed by atoms with Crippen molar-refractivity contribution in [2.75, 3.05) is 43.9 Å². The first-order valence-corrected chi connectivity index (χ1v) is 12.2. The molecule has 2 aromatic rings. The van der Waals surface area contributed by atoms with Crippen molar-refractivity contribution in [3.63, 3.8) is 0 Å². The fourth-order valence-electron chi connectivity index (χ4n) is 4.98. The molecule has 8 nitrogen and oxygen atoms in total. The van der Waals surface area contributed by atoms with Gasteiger partial charge in [-0.2, -0.15) is 0 Å². The van der Waals surface area contributed by atoms with Crippen LogP contribution in [0.4, 0.5) is 11.5 Å². The van der Waals surface area contributed by atoms with Gasteiger partial charge < -0.3 is 26.2 Å². The van der Waals surface area contributed by atoms with Gasteiger partial charge in [0.05, 0.1) is 17.0 Å². The standard InChI is InChI=1S/C23H34N6O2.C2H6/c1-3-23(31,10-11-25-2)15-29-16-8-9-17(29)14-28(13-16)20-12-19(26-27-22(20)24)18-6-4-5-7-21(18)30;1-2/h4-7,12,16-17,25,30-31H,3,8-11,13-15H2,1-2H3,(H2,24,27);1-2H3. The Kier molecular flexibility index (Phi) is 8.51. The van der Waals surface area contributed by atoms with Crippen LogP contribution >= 0.6 is 0 Å². The zero-order valence-corrected chi connectivity index (χ0v) is 20.5. The Labute approximate surface area is 197 Å². The summed E-state index contributed by atoms with van der Waals surface area (Å²) < 4.78 is 0. The number of para-hydroxylation sites is 1. The summed E-state index contributed by atoms with van der Waals surface area (Å²) >= 11 is 0. The Morgan fingerprint density at radius 2 is 1.82 bits per heavy atom. The highest BCUT2D eigenvalue weighted by Gasteiger charge is 2.43. The minimum atomic E-state index is -0.665. The lowest BCUT2D eigenvalue weighted by Gasteiger charge is -2.45. The molecule has 4 rings (SSSR count). The van der Waals surface area contributed by atoms with Gasteiger partial charge in [-0.25, -0.2) is 0 Å². The van der Waals surface area contributed by atoms with Gasteiger partial charge >= 0.3 is 0 Å². The predicted octanol–water partition coefficient (Wildman–Crippen LogP) is 2.86. The van der Waals surface area contributed by atoms with E-state index in [0.29, 0.717) is 35.7 Å². The number of nitrogen functional groups attached to an aromatic ring is 1. The third-order valence-electron chi connectivity index (χ3n) is 6.93. The average molecular weight is 457 g/mol. The monoisotopic (exact) mass is 456 g/mol. The molecule has 3 heterocycles. The van der Waals surface area contributed by atoms with Crippen molar-refractivity contribution in [3.8, 4) is 17.0 Å². The van der Waals surface area contributed by atoms with Crippen LogP contribution in [0.1, 0.15) is 46.5 Å². The molecule has 33 heavy (non-hydrogen) atoms. The number of nitrogens with one attached hydrogen (secondary N) is 1. The number of aliphatic hydroxyl groups is 1. The van der Waals surface area contributed by atoms with Crippen molar-refractivity contribution in [1.82, 2.24) is 20.4 Å². The minimum Gasteiger partial charge on any atom is -0.507 e. The van der Waals surface area contributed by atoms with E-state index >= 15 is 0 Å². The van der Waals surface area contributed by atoms with Crippen molar-refractivity contribution in [3.05, 3.63) is 30.3 Å². The maximum absolute atomic E-state index is 11.1. The molecule has 3 atom stereocenters. The van der Waals surface area contributed by atoms with Crippen molar-refractivity contribution in [2.24, 2.45) is 0 Å². The number of nitrogens with two attached hydrogens (primary N) is 1. The van der Waals surface area contributed by atoms with Crippen LogP contribution in [-0.4, -0.2) is 76.2 Å². The third-order valence-corrected chi connectivity index (χ3v) is 6.93. The highest BCUT2D eigenvalue weighted by atomic mass is 16.3. The van der Waals surface area contributed by atoms with Crippen LogP contribution in [0.25, 0.3) is 11.3 Å². The van der Waals surface area contributed by atoms with Gasteiger partial charge in [-0.3, -0.25) is 4.90 Å². The van der Waals surface area contributed by atoms with Gasteiger partial charge in [0, 0.05) is 37.3 Å². The van der Waals surface area contributed by atoms with E-state index in [1.807, 2.05) is 39.1 Å². The Hall–Kier alpha value is -2.42. The third kappa shape index (κ3) is 5.57. The molecule has 5 N–H and O–H groups in total.